The smallest absolute Gasteiger partial charge is 0.0406 e. The Morgan fingerprint density at radius 2 is 1.75 bits per heavy atom. The molecule has 1 nitrogen and oxygen atoms in total. The van der Waals surface area contributed by atoms with Crippen molar-refractivity contribution in [3.63, 3.8) is 0 Å². The molecule has 2 aromatic carbocycles. The fourth-order valence-electron chi connectivity index (χ4n) is 1.23. The molecule has 4 heteroatoms. The standard InChI is InChI=1S/C12H9BrClNS/c13-11-7-9(15)3-6-12(11)16-10-4-1-8(14)2-5-10/h1-7H,15H2. The van der Waals surface area contributed by atoms with Gasteiger partial charge in [0.2, 0.25) is 0 Å². The molecule has 82 valence electrons. The van der Waals surface area contributed by atoms with Crippen LogP contribution in [0.3, 0.4) is 0 Å². The molecule has 0 saturated carbocycles. The highest BCUT2D eigenvalue weighted by molar-refractivity contribution is 9.10. The molecule has 0 heterocycles. The van der Waals surface area contributed by atoms with E-state index in [4.69, 9.17) is 17.3 Å². The summed E-state index contributed by atoms with van der Waals surface area (Å²) < 4.78 is 1.01. The molecule has 0 bridgehead atoms. The molecule has 0 atom stereocenters. The van der Waals surface area contributed by atoms with Gasteiger partial charge in [-0.3, -0.25) is 0 Å². The summed E-state index contributed by atoms with van der Waals surface area (Å²) in [6.45, 7) is 0. The first-order valence-electron chi connectivity index (χ1n) is 4.63. The van der Waals surface area contributed by atoms with E-state index in [1.165, 1.54) is 0 Å². The van der Waals surface area contributed by atoms with Crippen LogP contribution < -0.4 is 5.73 Å². The molecule has 0 amide bonds. The Labute approximate surface area is 112 Å². The van der Waals surface area contributed by atoms with Crippen LogP contribution >= 0.6 is 39.3 Å². The van der Waals surface area contributed by atoms with Crippen molar-refractivity contribution in [3.8, 4) is 0 Å². The highest BCUT2D eigenvalue weighted by Crippen LogP contribution is 2.34. The normalized spacial score (nSPS) is 10.4. The molecule has 0 radical (unpaired) electrons. The molecule has 0 unspecified atom stereocenters. The van der Waals surface area contributed by atoms with Gasteiger partial charge in [0.15, 0.2) is 0 Å². The van der Waals surface area contributed by atoms with Crippen molar-refractivity contribution in [3.05, 3.63) is 52.0 Å². The van der Waals surface area contributed by atoms with Crippen LogP contribution in [0.15, 0.2) is 56.7 Å². The molecule has 0 aliphatic heterocycles. The molecular weight excluding hydrogens is 306 g/mol. The number of benzene rings is 2. The van der Waals surface area contributed by atoms with Gasteiger partial charge in [-0.05, 0) is 58.4 Å². The predicted octanol–water partition coefficient (Wildman–Crippen LogP) is 4.84. The van der Waals surface area contributed by atoms with Crippen molar-refractivity contribution in [1.29, 1.82) is 0 Å². The van der Waals surface area contributed by atoms with Crippen molar-refractivity contribution >= 4 is 45.0 Å². The minimum absolute atomic E-state index is 0.751. The van der Waals surface area contributed by atoms with Crippen LogP contribution in [0.4, 0.5) is 5.69 Å². The number of hydrogen-bond donors (Lipinski definition) is 1. The summed E-state index contributed by atoms with van der Waals surface area (Å²) in [6.07, 6.45) is 0. The number of hydrogen-bond acceptors (Lipinski definition) is 2. The maximum atomic E-state index is 5.83. The van der Waals surface area contributed by atoms with Crippen molar-refractivity contribution in [1.82, 2.24) is 0 Å². The zero-order valence-electron chi connectivity index (χ0n) is 8.28. The molecule has 2 N–H and O–H groups in total. The quantitative estimate of drug-likeness (QED) is 0.803. The van der Waals surface area contributed by atoms with Crippen LogP contribution in [0.25, 0.3) is 0 Å². The van der Waals surface area contributed by atoms with Crippen LogP contribution in [0.5, 0.6) is 0 Å². The SMILES string of the molecule is Nc1ccc(Sc2ccc(Cl)cc2)c(Br)c1. The molecular formula is C12H9BrClNS. The zero-order chi connectivity index (χ0) is 11.5. The first kappa shape index (κ1) is 11.8. The van der Waals surface area contributed by atoms with Gasteiger partial charge < -0.3 is 5.73 Å². The topological polar surface area (TPSA) is 26.0 Å². The Morgan fingerprint density at radius 3 is 2.38 bits per heavy atom. The molecule has 0 saturated heterocycles. The first-order chi connectivity index (χ1) is 7.65. The highest BCUT2D eigenvalue weighted by Gasteiger charge is 2.02. The number of rotatable bonds is 2. The van der Waals surface area contributed by atoms with Gasteiger partial charge in [0.25, 0.3) is 0 Å². The Kier molecular flexibility index (Phi) is 3.79. The molecule has 16 heavy (non-hydrogen) atoms. The van der Waals surface area contributed by atoms with Gasteiger partial charge in [0.1, 0.15) is 0 Å². The minimum Gasteiger partial charge on any atom is -0.399 e. The maximum absolute atomic E-state index is 5.83. The Balaban J connectivity index is 2.23. The number of nitrogens with two attached hydrogens (primary N) is 1. The fourth-order valence-corrected chi connectivity index (χ4v) is 2.81. The Bertz CT molecular complexity index is 499. The summed E-state index contributed by atoms with van der Waals surface area (Å²) in [5.74, 6) is 0. The first-order valence-corrected chi connectivity index (χ1v) is 6.62. The second kappa shape index (κ2) is 5.13. The Hall–Kier alpha value is -0.640. The van der Waals surface area contributed by atoms with Crippen molar-refractivity contribution in [2.24, 2.45) is 0 Å². The van der Waals surface area contributed by atoms with E-state index in [2.05, 4.69) is 15.9 Å². The van der Waals surface area contributed by atoms with Crippen molar-refractivity contribution < 1.29 is 0 Å². The van der Waals surface area contributed by atoms with Crippen LogP contribution in [0.1, 0.15) is 0 Å². The molecule has 0 aromatic heterocycles. The lowest BCUT2D eigenvalue weighted by atomic mass is 10.3. The third-order valence-electron chi connectivity index (χ3n) is 2.00. The zero-order valence-corrected chi connectivity index (χ0v) is 11.4. The average molecular weight is 315 g/mol. The van der Waals surface area contributed by atoms with Crippen LogP contribution in [-0.2, 0) is 0 Å². The van der Waals surface area contributed by atoms with Crippen LogP contribution in [0.2, 0.25) is 5.02 Å². The van der Waals surface area contributed by atoms with E-state index in [9.17, 15) is 0 Å². The fraction of sp³-hybridized carbons (Fsp3) is 0. The molecule has 0 aliphatic rings. The van der Waals surface area contributed by atoms with E-state index in [1.54, 1.807) is 11.8 Å². The lowest BCUT2D eigenvalue weighted by molar-refractivity contribution is 1.37. The molecule has 0 fully saturated rings. The monoisotopic (exact) mass is 313 g/mol. The van der Waals surface area contributed by atoms with E-state index >= 15 is 0 Å². The van der Waals surface area contributed by atoms with Gasteiger partial charge in [-0.1, -0.05) is 23.4 Å². The van der Waals surface area contributed by atoms with E-state index in [0.717, 1.165) is 25.0 Å². The lowest BCUT2D eigenvalue weighted by Crippen LogP contribution is -1.84. The third kappa shape index (κ3) is 2.94. The molecule has 2 aromatic rings. The van der Waals surface area contributed by atoms with Gasteiger partial charge in [0, 0.05) is 25.0 Å². The van der Waals surface area contributed by atoms with E-state index < -0.39 is 0 Å². The number of anilines is 1. The number of nitrogen functional groups attached to an aromatic ring is 1. The highest BCUT2D eigenvalue weighted by atomic mass is 79.9. The second-order valence-corrected chi connectivity index (χ2v) is 5.65. The summed E-state index contributed by atoms with van der Waals surface area (Å²) in [7, 11) is 0. The number of halogens is 2. The largest absolute Gasteiger partial charge is 0.399 e. The van der Waals surface area contributed by atoms with Gasteiger partial charge in [-0.25, -0.2) is 0 Å². The second-order valence-electron chi connectivity index (χ2n) is 3.25. The van der Waals surface area contributed by atoms with Crippen LogP contribution in [-0.4, -0.2) is 0 Å². The minimum atomic E-state index is 0.751. The van der Waals surface area contributed by atoms with Gasteiger partial charge >= 0.3 is 0 Å². The van der Waals surface area contributed by atoms with Crippen molar-refractivity contribution in [2.75, 3.05) is 5.73 Å². The van der Waals surface area contributed by atoms with E-state index in [0.29, 0.717) is 0 Å². The summed E-state index contributed by atoms with van der Waals surface area (Å²) in [5.41, 5.74) is 6.44. The summed E-state index contributed by atoms with van der Waals surface area (Å²) >= 11 is 11.0. The van der Waals surface area contributed by atoms with Gasteiger partial charge in [-0.2, -0.15) is 0 Å². The maximum Gasteiger partial charge on any atom is 0.0406 e. The van der Waals surface area contributed by atoms with Gasteiger partial charge in [-0.15, -0.1) is 0 Å². The van der Waals surface area contributed by atoms with E-state index in [1.807, 2.05) is 42.5 Å². The summed E-state index contributed by atoms with van der Waals surface area (Å²) in [6, 6.07) is 13.6. The van der Waals surface area contributed by atoms with E-state index in [-0.39, 0.29) is 0 Å². The third-order valence-corrected chi connectivity index (χ3v) is 4.25. The average Bonchev–Trinajstić information content (AvgIpc) is 2.25. The summed E-state index contributed by atoms with van der Waals surface area (Å²) in [4.78, 5) is 2.28. The van der Waals surface area contributed by atoms with Gasteiger partial charge in [0.05, 0.1) is 0 Å². The Morgan fingerprint density at radius 1 is 1.06 bits per heavy atom. The molecule has 2 rings (SSSR count). The summed E-state index contributed by atoms with van der Waals surface area (Å²) in [5, 5.41) is 0.751. The predicted molar refractivity (Wildman–Crippen MR) is 74.1 cm³/mol. The van der Waals surface area contributed by atoms with Crippen LogP contribution in [0, 0.1) is 0 Å². The molecule has 0 aliphatic carbocycles. The lowest BCUT2D eigenvalue weighted by Gasteiger charge is -2.05. The molecule has 0 spiro atoms. The van der Waals surface area contributed by atoms with Crippen molar-refractivity contribution in [2.45, 2.75) is 9.79 Å².